The van der Waals surface area contributed by atoms with E-state index in [1.165, 1.54) is 0 Å². The van der Waals surface area contributed by atoms with E-state index < -0.39 is 5.91 Å². The van der Waals surface area contributed by atoms with E-state index >= 15 is 0 Å². The molecule has 5 nitrogen and oxygen atoms in total. The number of amides is 2. The first-order valence-corrected chi connectivity index (χ1v) is 6.55. The Morgan fingerprint density at radius 2 is 2.24 bits per heavy atom. The lowest BCUT2D eigenvalue weighted by molar-refractivity contribution is -0.116. The molecule has 2 amide bonds. The van der Waals surface area contributed by atoms with Crippen molar-refractivity contribution in [3.63, 3.8) is 0 Å². The molecule has 0 spiro atoms. The number of nitrogens with one attached hydrogen (secondary N) is 1. The molecule has 0 saturated heterocycles. The first-order valence-electron chi connectivity index (χ1n) is 5.24. The standard InChI is InChI=1S/C10H14ClN3O2S/c1-2-6-8(9(12)16)10(17-14-6)13-7(15)4-3-5-11/h2-5H2,1H3,(H2,12,16)(H,13,15). The van der Waals surface area contributed by atoms with E-state index in [0.717, 1.165) is 11.5 Å². The molecule has 0 radical (unpaired) electrons. The molecule has 0 fully saturated rings. The van der Waals surface area contributed by atoms with E-state index in [4.69, 9.17) is 17.3 Å². The Kier molecular flexibility index (Phi) is 5.37. The van der Waals surface area contributed by atoms with Gasteiger partial charge < -0.3 is 11.1 Å². The Bertz CT molecular complexity index is 420. The zero-order chi connectivity index (χ0) is 12.8. The number of anilines is 1. The summed E-state index contributed by atoms with van der Waals surface area (Å²) >= 11 is 6.57. The highest BCUT2D eigenvalue weighted by atomic mass is 35.5. The molecule has 1 aromatic rings. The average Bonchev–Trinajstić information content (AvgIpc) is 2.69. The Morgan fingerprint density at radius 1 is 1.53 bits per heavy atom. The van der Waals surface area contributed by atoms with Crippen LogP contribution in [0.1, 0.15) is 35.8 Å². The fourth-order valence-corrected chi connectivity index (χ4v) is 2.35. The minimum Gasteiger partial charge on any atom is -0.365 e. The summed E-state index contributed by atoms with van der Waals surface area (Å²) in [5.41, 5.74) is 6.20. The zero-order valence-corrected chi connectivity index (χ0v) is 11.0. The average molecular weight is 276 g/mol. The van der Waals surface area contributed by atoms with Crippen LogP contribution in [-0.4, -0.2) is 22.1 Å². The molecule has 0 unspecified atom stereocenters. The highest BCUT2D eigenvalue weighted by Gasteiger charge is 2.18. The van der Waals surface area contributed by atoms with Gasteiger partial charge in [0, 0.05) is 12.3 Å². The van der Waals surface area contributed by atoms with E-state index in [9.17, 15) is 9.59 Å². The minimum absolute atomic E-state index is 0.181. The number of carbonyl (C=O) groups excluding carboxylic acids is 2. The van der Waals surface area contributed by atoms with Crippen molar-refractivity contribution < 1.29 is 9.59 Å². The van der Waals surface area contributed by atoms with Crippen molar-refractivity contribution in [1.82, 2.24) is 4.37 Å². The Morgan fingerprint density at radius 3 is 2.76 bits per heavy atom. The summed E-state index contributed by atoms with van der Waals surface area (Å²) in [6.45, 7) is 1.88. The van der Waals surface area contributed by atoms with Crippen molar-refractivity contribution in [1.29, 1.82) is 0 Å². The third kappa shape index (κ3) is 3.67. The summed E-state index contributed by atoms with van der Waals surface area (Å²) in [6.07, 6.45) is 1.52. The van der Waals surface area contributed by atoms with Gasteiger partial charge in [0.2, 0.25) is 5.91 Å². The largest absolute Gasteiger partial charge is 0.365 e. The second-order valence-corrected chi connectivity index (χ2v) is 4.54. The number of halogens is 1. The second-order valence-electron chi connectivity index (χ2n) is 3.39. The van der Waals surface area contributed by atoms with Crippen LogP contribution in [0.5, 0.6) is 0 Å². The lowest BCUT2D eigenvalue weighted by Crippen LogP contribution is -2.17. The van der Waals surface area contributed by atoms with E-state index in [2.05, 4.69) is 9.69 Å². The molecule has 94 valence electrons. The van der Waals surface area contributed by atoms with Crippen molar-refractivity contribution in [3.8, 4) is 0 Å². The van der Waals surface area contributed by atoms with Crippen molar-refractivity contribution in [2.24, 2.45) is 5.73 Å². The summed E-state index contributed by atoms with van der Waals surface area (Å²) in [7, 11) is 0. The van der Waals surface area contributed by atoms with Gasteiger partial charge in [0.25, 0.3) is 5.91 Å². The molecule has 0 aliphatic heterocycles. The van der Waals surface area contributed by atoms with Crippen LogP contribution < -0.4 is 11.1 Å². The zero-order valence-electron chi connectivity index (χ0n) is 9.46. The van der Waals surface area contributed by atoms with E-state index in [-0.39, 0.29) is 5.91 Å². The van der Waals surface area contributed by atoms with Gasteiger partial charge in [-0.15, -0.1) is 11.6 Å². The van der Waals surface area contributed by atoms with Crippen LogP contribution >= 0.6 is 23.1 Å². The van der Waals surface area contributed by atoms with E-state index in [0.29, 0.717) is 41.4 Å². The quantitative estimate of drug-likeness (QED) is 0.776. The molecule has 1 rings (SSSR count). The maximum Gasteiger partial charge on any atom is 0.253 e. The molecule has 7 heteroatoms. The Hall–Kier alpha value is -1.14. The van der Waals surface area contributed by atoms with Gasteiger partial charge in [-0.1, -0.05) is 6.92 Å². The van der Waals surface area contributed by atoms with E-state index in [1.54, 1.807) is 0 Å². The smallest absolute Gasteiger partial charge is 0.253 e. The highest BCUT2D eigenvalue weighted by Crippen LogP contribution is 2.25. The highest BCUT2D eigenvalue weighted by molar-refractivity contribution is 7.11. The van der Waals surface area contributed by atoms with Crippen molar-refractivity contribution in [2.75, 3.05) is 11.2 Å². The molecule has 0 aliphatic rings. The number of alkyl halides is 1. The van der Waals surface area contributed by atoms with Gasteiger partial charge in [-0.3, -0.25) is 9.59 Å². The number of aromatic nitrogens is 1. The lowest BCUT2D eigenvalue weighted by atomic mass is 10.2. The first kappa shape index (κ1) is 13.9. The molecule has 1 heterocycles. The van der Waals surface area contributed by atoms with Gasteiger partial charge >= 0.3 is 0 Å². The minimum atomic E-state index is -0.566. The fraction of sp³-hybridized carbons (Fsp3) is 0.500. The van der Waals surface area contributed by atoms with Crippen molar-refractivity contribution in [3.05, 3.63) is 11.3 Å². The number of nitrogens with zero attached hydrogens (tertiary/aromatic N) is 1. The molecule has 0 bridgehead atoms. The van der Waals surface area contributed by atoms with Crippen LogP contribution in [0, 0.1) is 0 Å². The number of rotatable bonds is 6. The van der Waals surface area contributed by atoms with Crippen LogP contribution in [0.2, 0.25) is 0 Å². The van der Waals surface area contributed by atoms with Crippen LogP contribution in [-0.2, 0) is 11.2 Å². The summed E-state index contributed by atoms with van der Waals surface area (Å²) in [5, 5.41) is 3.06. The topological polar surface area (TPSA) is 85.1 Å². The maximum atomic E-state index is 11.5. The van der Waals surface area contributed by atoms with Gasteiger partial charge in [-0.2, -0.15) is 4.37 Å². The summed E-state index contributed by atoms with van der Waals surface area (Å²) in [5.74, 6) is -0.318. The first-order chi connectivity index (χ1) is 8.10. The van der Waals surface area contributed by atoms with Gasteiger partial charge in [0.05, 0.1) is 11.3 Å². The van der Waals surface area contributed by atoms with Gasteiger partial charge in [0.15, 0.2) is 0 Å². The molecular weight excluding hydrogens is 262 g/mol. The predicted octanol–water partition coefficient (Wildman–Crippen LogP) is 1.76. The molecule has 3 N–H and O–H groups in total. The lowest BCUT2D eigenvalue weighted by Gasteiger charge is -2.03. The van der Waals surface area contributed by atoms with Crippen LogP contribution in [0.4, 0.5) is 5.00 Å². The van der Waals surface area contributed by atoms with Crippen LogP contribution in [0.15, 0.2) is 0 Å². The monoisotopic (exact) mass is 275 g/mol. The number of nitrogens with two attached hydrogens (primary N) is 1. The number of hydrogen-bond acceptors (Lipinski definition) is 4. The second kappa shape index (κ2) is 6.56. The summed E-state index contributed by atoms with van der Waals surface area (Å²) in [6, 6.07) is 0. The number of aryl methyl sites for hydroxylation is 1. The molecular formula is C10H14ClN3O2S. The third-order valence-electron chi connectivity index (χ3n) is 2.13. The van der Waals surface area contributed by atoms with Crippen LogP contribution in [0.3, 0.4) is 0 Å². The molecule has 0 atom stereocenters. The van der Waals surface area contributed by atoms with Crippen molar-refractivity contribution in [2.45, 2.75) is 26.2 Å². The maximum absolute atomic E-state index is 11.5. The SMILES string of the molecule is CCc1nsc(NC(=O)CCCCl)c1C(N)=O. The summed E-state index contributed by atoms with van der Waals surface area (Å²) < 4.78 is 4.09. The van der Waals surface area contributed by atoms with Gasteiger partial charge in [-0.05, 0) is 24.4 Å². The molecule has 17 heavy (non-hydrogen) atoms. The third-order valence-corrected chi connectivity index (χ3v) is 3.20. The number of hydrogen-bond donors (Lipinski definition) is 2. The van der Waals surface area contributed by atoms with E-state index in [1.807, 2.05) is 6.92 Å². The molecule has 0 saturated carbocycles. The fourth-order valence-electron chi connectivity index (χ4n) is 1.32. The van der Waals surface area contributed by atoms with Gasteiger partial charge in [0.1, 0.15) is 5.00 Å². The molecule has 1 aromatic heterocycles. The number of primary amides is 1. The van der Waals surface area contributed by atoms with Crippen molar-refractivity contribution >= 4 is 39.9 Å². The predicted molar refractivity (Wildman–Crippen MR) is 68.6 cm³/mol. The molecule has 0 aliphatic carbocycles. The Labute approximate surface area is 109 Å². The normalized spacial score (nSPS) is 10.2. The Balaban J connectivity index is 2.80. The summed E-state index contributed by atoms with van der Waals surface area (Å²) in [4.78, 5) is 22.8. The van der Waals surface area contributed by atoms with Crippen LogP contribution in [0.25, 0.3) is 0 Å². The molecule has 0 aromatic carbocycles. The number of carbonyl (C=O) groups is 2. The van der Waals surface area contributed by atoms with Gasteiger partial charge in [-0.25, -0.2) is 0 Å².